The van der Waals surface area contributed by atoms with Gasteiger partial charge in [0, 0.05) is 12.7 Å². The summed E-state index contributed by atoms with van der Waals surface area (Å²) < 4.78 is 33.6. The Hall–Kier alpha value is -2.09. The molecular weight excluding hydrogens is 394 g/mol. The van der Waals surface area contributed by atoms with Crippen molar-refractivity contribution in [3.05, 3.63) is 58.6 Å². The number of aromatic nitrogens is 1. The molecule has 2 heterocycles. The number of carbonyl (C=O) groups excluding carboxylic acids is 1. The summed E-state index contributed by atoms with van der Waals surface area (Å²) in [6.45, 7) is 0.909. The predicted octanol–water partition coefficient (Wildman–Crippen LogP) is 5.05. The number of nitrogens with zero attached hydrogens (tertiary/aromatic N) is 2. The molecule has 1 unspecified atom stereocenters. The average Bonchev–Trinajstić information content (AvgIpc) is 3.29. The van der Waals surface area contributed by atoms with E-state index < -0.39 is 11.6 Å². The van der Waals surface area contributed by atoms with E-state index in [-0.39, 0.29) is 29.2 Å². The summed E-state index contributed by atoms with van der Waals surface area (Å²) in [5, 5.41) is 0.605. The van der Waals surface area contributed by atoms with E-state index in [2.05, 4.69) is 4.98 Å². The SMILES string of the molecule is O=C(c1ccccc1Cl)N(CC1CCCO1)c1nc2c(F)cc(F)cc2s1. The fourth-order valence-corrected chi connectivity index (χ4v) is 4.31. The fourth-order valence-electron chi connectivity index (χ4n) is 3.08. The highest BCUT2D eigenvalue weighted by Crippen LogP contribution is 2.33. The van der Waals surface area contributed by atoms with Gasteiger partial charge in [-0.2, -0.15) is 0 Å². The first kappa shape index (κ1) is 18.3. The molecule has 0 bridgehead atoms. The lowest BCUT2D eigenvalue weighted by atomic mass is 10.1. The molecule has 1 aliphatic heterocycles. The van der Waals surface area contributed by atoms with E-state index >= 15 is 0 Å². The van der Waals surface area contributed by atoms with Gasteiger partial charge in [0.2, 0.25) is 0 Å². The number of thiazole rings is 1. The molecule has 1 atom stereocenters. The molecule has 0 saturated carbocycles. The summed E-state index contributed by atoms with van der Waals surface area (Å²) in [5.74, 6) is -1.79. The molecule has 3 aromatic rings. The van der Waals surface area contributed by atoms with Crippen molar-refractivity contribution < 1.29 is 18.3 Å². The van der Waals surface area contributed by atoms with E-state index in [9.17, 15) is 13.6 Å². The molecule has 1 amide bonds. The van der Waals surface area contributed by atoms with Crippen LogP contribution in [0.15, 0.2) is 36.4 Å². The minimum Gasteiger partial charge on any atom is -0.376 e. The van der Waals surface area contributed by atoms with Crippen LogP contribution in [0.25, 0.3) is 10.2 Å². The zero-order valence-electron chi connectivity index (χ0n) is 14.1. The van der Waals surface area contributed by atoms with E-state index in [1.165, 1.54) is 11.0 Å². The number of fused-ring (bicyclic) bond motifs is 1. The monoisotopic (exact) mass is 408 g/mol. The Bertz CT molecular complexity index is 1000. The number of halogens is 3. The lowest BCUT2D eigenvalue weighted by Crippen LogP contribution is -2.37. The third-order valence-corrected chi connectivity index (χ3v) is 5.75. The molecule has 1 aliphatic rings. The Morgan fingerprint density at radius 1 is 1.33 bits per heavy atom. The molecule has 4 nitrogen and oxygen atoms in total. The van der Waals surface area contributed by atoms with Gasteiger partial charge in [0.15, 0.2) is 10.9 Å². The van der Waals surface area contributed by atoms with Crippen LogP contribution in [-0.4, -0.2) is 30.1 Å². The first-order valence-corrected chi connectivity index (χ1v) is 9.66. The van der Waals surface area contributed by atoms with Gasteiger partial charge < -0.3 is 4.74 Å². The Balaban J connectivity index is 1.76. The molecule has 4 rings (SSSR count). The molecule has 0 aliphatic carbocycles. The minimum atomic E-state index is -0.755. The van der Waals surface area contributed by atoms with Crippen molar-refractivity contribution in [1.29, 1.82) is 0 Å². The Labute approximate surface area is 163 Å². The van der Waals surface area contributed by atoms with Gasteiger partial charge in [-0.15, -0.1) is 0 Å². The van der Waals surface area contributed by atoms with Crippen LogP contribution in [0, 0.1) is 11.6 Å². The maximum Gasteiger partial charge on any atom is 0.261 e. The first-order chi connectivity index (χ1) is 13.0. The van der Waals surface area contributed by atoms with Gasteiger partial charge in [-0.3, -0.25) is 9.69 Å². The molecular formula is C19H15ClF2N2O2S. The number of hydrogen-bond acceptors (Lipinski definition) is 4. The zero-order valence-corrected chi connectivity index (χ0v) is 15.7. The van der Waals surface area contributed by atoms with E-state index in [1.807, 2.05) is 0 Å². The highest BCUT2D eigenvalue weighted by Gasteiger charge is 2.28. The van der Waals surface area contributed by atoms with Gasteiger partial charge in [0.05, 0.1) is 27.9 Å². The van der Waals surface area contributed by atoms with E-state index in [0.717, 1.165) is 30.2 Å². The van der Waals surface area contributed by atoms with Crippen molar-refractivity contribution in [3.8, 4) is 0 Å². The first-order valence-electron chi connectivity index (χ1n) is 8.46. The highest BCUT2D eigenvalue weighted by atomic mass is 35.5. The second-order valence-electron chi connectivity index (χ2n) is 6.26. The van der Waals surface area contributed by atoms with E-state index in [4.69, 9.17) is 16.3 Å². The number of amides is 1. The van der Waals surface area contributed by atoms with Crippen molar-refractivity contribution in [1.82, 2.24) is 4.98 Å². The van der Waals surface area contributed by atoms with Crippen LogP contribution in [0.2, 0.25) is 5.02 Å². The lowest BCUT2D eigenvalue weighted by molar-refractivity contribution is 0.0917. The summed E-state index contributed by atoms with van der Waals surface area (Å²) in [6, 6.07) is 8.71. The van der Waals surface area contributed by atoms with Gasteiger partial charge in [-0.05, 0) is 31.0 Å². The molecule has 1 fully saturated rings. The molecule has 2 aromatic carbocycles. The van der Waals surface area contributed by atoms with Gasteiger partial charge in [-0.25, -0.2) is 13.8 Å². The van der Waals surface area contributed by atoms with Gasteiger partial charge in [-0.1, -0.05) is 35.1 Å². The van der Waals surface area contributed by atoms with Gasteiger partial charge in [0.25, 0.3) is 5.91 Å². The van der Waals surface area contributed by atoms with Crippen LogP contribution in [-0.2, 0) is 4.74 Å². The number of rotatable bonds is 4. The van der Waals surface area contributed by atoms with Crippen LogP contribution in [0.1, 0.15) is 23.2 Å². The number of anilines is 1. The van der Waals surface area contributed by atoms with Gasteiger partial charge >= 0.3 is 0 Å². The van der Waals surface area contributed by atoms with Crippen molar-refractivity contribution in [3.63, 3.8) is 0 Å². The third kappa shape index (κ3) is 3.67. The topological polar surface area (TPSA) is 42.4 Å². The molecule has 27 heavy (non-hydrogen) atoms. The van der Waals surface area contributed by atoms with Crippen LogP contribution in [0.5, 0.6) is 0 Å². The Morgan fingerprint density at radius 2 is 2.15 bits per heavy atom. The highest BCUT2D eigenvalue weighted by molar-refractivity contribution is 7.22. The average molecular weight is 409 g/mol. The van der Waals surface area contributed by atoms with E-state index in [1.54, 1.807) is 24.3 Å². The summed E-state index contributed by atoms with van der Waals surface area (Å²) in [6.07, 6.45) is 1.60. The number of hydrogen-bond donors (Lipinski definition) is 0. The van der Waals surface area contributed by atoms with Crippen molar-refractivity contribution in [2.75, 3.05) is 18.1 Å². The third-order valence-electron chi connectivity index (χ3n) is 4.39. The zero-order chi connectivity index (χ0) is 19.0. The van der Waals surface area contributed by atoms with E-state index in [0.29, 0.717) is 21.9 Å². The maximum atomic E-state index is 14.1. The molecule has 0 N–H and O–H groups in total. The molecule has 140 valence electrons. The number of carbonyl (C=O) groups is 1. The minimum absolute atomic E-state index is 0.0423. The fraction of sp³-hybridized carbons (Fsp3) is 0.263. The van der Waals surface area contributed by atoms with Crippen LogP contribution in [0.3, 0.4) is 0 Å². The van der Waals surface area contributed by atoms with Gasteiger partial charge in [0.1, 0.15) is 11.3 Å². The molecule has 8 heteroatoms. The summed E-state index contributed by atoms with van der Waals surface area (Å²) in [5.41, 5.74) is 0.365. The summed E-state index contributed by atoms with van der Waals surface area (Å²) in [7, 11) is 0. The van der Waals surface area contributed by atoms with Crippen molar-refractivity contribution in [2.24, 2.45) is 0 Å². The summed E-state index contributed by atoms with van der Waals surface area (Å²) in [4.78, 5) is 18.9. The standard InChI is InChI=1S/C19H15ClF2N2O2S/c20-14-6-2-1-5-13(14)18(25)24(10-12-4-3-7-26-12)19-23-17-15(22)8-11(21)9-16(17)27-19/h1-2,5-6,8-9,12H,3-4,7,10H2. The lowest BCUT2D eigenvalue weighted by Gasteiger charge is -2.23. The predicted molar refractivity (Wildman–Crippen MR) is 102 cm³/mol. The van der Waals surface area contributed by atoms with Crippen molar-refractivity contribution in [2.45, 2.75) is 18.9 Å². The van der Waals surface area contributed by atoms with Crippen LogP contribution >= 0.6 is 22.9 Å². The Morgan fingerprint density at radius 3 is 2.89 bits per heavy atom. The molecule has 1 aromatic heterocycles. The second-order valence-corrected chi connectivity index (χ2v) is 7.68. The maximum absolute atomic E-state index is 14.1. The smallest absolute Gasteiger partial charge is 0.261 e. The molecule has 0 radical (unpaired) electrons. The molecule has 0 spiro atoms. The quantitative estimate of drug-likeness (QED) is 0.606. The normalized spacial score (nSPS) is 16.8. The largest absolute Gasteiger partial charge is 0.376 e. The number of benzene rings is 2. The molecule has 1 saturated heterocycles. The summed E-state index contributed by atoms with van der Waals surface area (Å²) >= 11 is 7.25. The van der Waals surface area contributed by atoms with Crippen molar-refractivity contribution >= 4 is 44.2 Å². The van der Waals surface area contributed by atoms with Crippen LogP contribution < -0.4 is 4.90 Å². The number of ether oxygens (including phenoxy) is 1. The second kappa shape index (κ2) is 7.50. The Kier molecular flexibility index (Phi) is 5.08. The van der Waals surface area contributed by atoms with Crippen LogP contribution in [0.4, 0.5) is 13.9 Å².